The van der Waals surface area contributed by atoms with Gasteiger partial charge in [-0.3, -0.25) is 14.1 Å². The molecule has 2 unspecified atom stereocenters. The third kappa shape index (κ3) is 6.09. The third-order valence-electron chi connectivity index (χ3n) is 4.76. The Balaban J connectivity index is 1.87. The Labute approximate surface area is 172 Å². The van der Waals surface area contributed by atoms with Gasteiger partial charge in [0, 0.05) is 11.3 Å². The van der Waals surface area contributed by atoms with Crippen LogP contribution in [0, 0.1) is 0 Å². The van der Waals surface area contributed by atoms with Gasteiger partial charge in [-0.2, -0.15) is 0 Å². The smallest absolute Gasteiger partial charge is 0.259 e. The van der Waals surface area contributed by atoms with Crippen LogP contribution in [0.15, 0.2) is 78.9 Å². The van der Waals surface area contributed by atoms with Gasteiger partial charge in [0.05, 0.1) is 0 Å². The number of rotatable bonds is 9. The molecule has 0 radical (unpaired) electrons. The van der Waals surface area contributed by atoms with Crippen molar-refractivity contribution in [2.24, 2.45) is 0 Å². The van der Waals surface area contributed by atoms with Gasteiger partial charge in [0.2, 0.25) is 0 Å². The number of anilines is 1. The summed E-state index contributed by atoms with van der Waals surface area (Å²) in [6.45, 7) is -0.502. The summed E-state index contributed by atoms with van der Waals surface area (Å²) in [6, 6.07) is 25.0. The Morgan fingerprint density at radius 2 is 1.55 bits per heavy atom. The normalized spacial score (nSPS) is 12.9. The minimum absolute atomic E-state index is 0.158. The number of aliphatic hydroxyl groups is 1. The first-order valence-electron chi connectivity index (χ1n) is 9.29. The molecule has 6 heteroatoms. The van der Waals surface area contributed by atoms with E-state index in [2.05, 4.69) is 16.9 Å². The van der Waals surface area contributed by atoms with Crippen molar-refractivity contribution in [3.8, 4) is 0 Å². The summed E-state index contributed by atoms with van der Waals surface area (Å²) in [5, 5.41) is 9.13. The molecule has 2 atom stereocenters. The Morgan fingerprint density at radius 1 is 0.897 bits per heavy atom. The molecule has 0 aliphatic heterocycles. The average molecular weight is 410 g/mol. The second-order valence-electron chi connectivity index (χ2n) is 6.85. The van der Waals surface area contributed by atoms with E-state index in [1.165, 1.54) is 5.56 Å². The van der Waals surface area contributed by atoms with E-state index < -0.39 is 17.9 Å². The van der Waals surface area contributed by atoms with Crippen LogP contribution in [-0.2, 0) is 24.1 Å². The largest absolute Gasteiger partial charge is 0.388 e. The number of aliphatic hydroxyl groups excluding tert-OH is 1. The summed E-state index contributed by atoms with van der Waals surface area (Å²) < 4.78 is 22.6. The number of Topliss-reactive ketones (excluding diaryl/α,β-unsaturated/α-hetero) is 1. The number of carbonyl (C=O) groups excluding carboxylic acids is 1. The van der Waals surface area contributed by atoms with E-state index in [9.17, 15) is 9.00 Å². The standard InChI is InChI=1S/C23H23NO4S/c25-16-23(26)20-10-4-6-17(12-20)13-21(19-8-2-1-3-9-19)14-18-7-5-11-22(15-18)24-29(27)28/h1-12,15,21,24-25H,13-14,16H2,(H,27,28). The van der Waals surface area contributed by atoms with Crippen LogP contribution in [0.2, 0.25) is 0 Å². The van der Waals surface area contributed by atoms with Crippen LogP contribution in [0.1, 0.15) is 33.0 Å². The van der Waals surface area contributed by atoms with Crippen LogP contribution < -0.4 is 4.72 Å². The summed E-state index contributed by atoms with van der Waals surface area (Å²) in [4.78, 5) is 11.8. The fourth-order valence-electron chi connectivity index (χ4n) is 3.43. The molecule has 0 saturated carbocycles. The zero-order valence-electron chi connectivity index (χ0n) is 15.8. The highest BCUT2D eigenvalue weighted by Crippen LogP contribution is 2.27. The van der Waals surface area contributed by atoms with Crippen LogP contribution in [-0.4, -0.2) is 26.3 Å². The Morgan fingerprint density at radius 3 is 2.21 bits per heavy atom. The molecule has 0 aliphatic carbocycles. The minimum atomic E-state index is -2.12. The van der Waals surface area contributed by atoms with Gasteiger partial charge < -0.3 is 5.11 Å². The molecule has 0 amide bonds. The van der Waals surface area contributed by atoms with E-state index in [-0.39, 0.29) is 11.7 Å². The Bertz CT molecular complexity index is 991. The number of nitrogens with one attached hydrogen (secondary N) is 1. The monoisotopic (exact) mass is 409 g/mol. The lowest BCUT2D eigenvalue weighted by atomic mass is 9.86. The second-order valence-corrected chi connectivity index (χ2v) is 7.55. The van der Waals surface area contributed by atoms with Crippen molar-refractivity contribution in [3.05, 3.63) is 101 Å². The third-order valence-corrected chi connectivity index (χ3v) is 5.17. The number of ketones is 1. The molecule has 0 bridgehead atoms. The lowest BCUT2D eigenvalue weighted by Crippen LogP contribution is -2.09. The molecule has 0 saturated heterocycles. The number of hydrogen-bond donors (Lipinski definition) is 3. The van der Waals surface area contributed by atoms with Gasteiger partial charge in [0.25, 0.3) is 11.3 Å². The molecular weight excluding hydrogens is 386 g/mol. The highest BCUT2D eigenvalue weighted by molar-refractivity contribution is 7.80. The minimum Gasteiger partial charge on any atom is -0.388 e. The number of hydrogen-bond acceptors (Lipinski definition) is 3. The lowest BCUT2D eigenvalue weighted by molar-refractivity contribution is 0.0903. The maximum Gasteiger partial charge on any atom is 0.259 e. The predicted octanol–water partition coefficient (Wildman–Crippen LogP) is 3.98. The molecule has 3 rings (SSSR count). The van der Waals surface area contributed by atoms with Gasteiger partial charge in [0.1, 0.15) is 6.61 Å². The number of benzene rings is 3. The zero-order chi connectivity index (χ0) is 20.6. The van der Waals surface area contributed by atoms with E-state index in [0.29, 0.717) is 11.3 Å². The molecule has 0 aromatic heterocycles. The Kier molecular flexibility index (Phi) is 7.30. The van der Waals surface area contributed by atoms with E-state index in [0.717, 1.165) is 24.0 Å². The molecule has 0 heterocycles. The van der Waals surface area contributed by atoms with E-state index in [1.54, 1.807) is 12.1 Å². The van der Waals surface area contributed by atoms with Gasteiger partial charge in [0.15, 0.2) is 5.78 Å². The van der Waals surface area contributed by atoms with Gasteiger partial charge >= 0.3 is 0 Å². The lowest BCUT2D eigenvalue weighted by Gasteiger charge is -2.19. The second kappa shape index (κ2) is 10.1. The van der Waals surface area contributed by atoms with Crippen molar-refractivity contribution in [2.45, 2.75) is 18.8 Å². The fraction of sp³-hybridized carbons (Fsp3) is 0.174. The van der Waals surface area contributed by atoms with Gasteiger partial charge in [-0.1, -0.05) is 60.7 Å². The molecule has 29 heavy (non-hydrogen) atoms. The Hall–Kier alpha value is -2.80. The highest BCUT2D eigenvalue weighted by Gasteiger charge is 2.15. The predicted molar refractivity (Wildman–Crippen MR) is 115 cm³/mol. The first-order chi connectivity index (χ1) is 14.0. The van der Waals surface area contributed by atoms with E-state index in [4.69, 9.17) is 9.66 Å². The highest BCUT2D eigenvalue weighted by atomic mass is 32.2. The maximum absolute atomic E-state index is 11.8. The van der Waals surface area contributed by atoms with Crippen molar-refractivity contribution >= 4 is 22.7 Å². The van der Waals surface area contributed by atoms with Crippen molar-refractivity contribution in [1.29, 1.82) is 0 Å². The van der Waals surface area contributed by atoms with Gasteiger partial charge in [-0.25, -0.2) is 4.21 Å². The zero-order valence-corrected chi connectivity index (χ0v) is 16.6. The molecule has 0 fully saturated rings. The molecular formula is C23H23NO4S. The molecule has 3 aromatic carbocycles. The summed E-state index contributed by atoms with van der Waals surface area (Å²) in [6.07, 6.45) is 1.45. The summed E-state index contributed by atoms with van der Waals surface area (Å²) >= 11 is -2.12. The van der Waals surface area contributed by atoms with E-state index in [1.807, 2.05) is 54.6 Å². The van der Waals surface area contributed by atoms with Crippen LogP contribution in [0.5, 0.6) is 0 Å². The molecule has 5 nitrogen and oxygen atoms in total. The first kappa shape index (κ1) is 20.9. The fourth-order valence-corrected chi connectivity index (χ4v) is 3.76. The first-order valence-corrected chi connectivity index (χ1v) is 10.4. The topological polar surface area (TPSA) is 86.6 Å². The molecule has 0 aliphatic rings. The maximum atomic E-state index is 11.8. The van der Waals surface area contributed by atoms with Crippen LogP contribution in [0.4, 0.5) is 5.69 Å². The van der Waals surface area contributed by atoms with Crippen LogP contribution in [0.3, 0.4) is 0 Å². The van der Waals surface area contributed by atoms with Crippen molar-refractivity contribution < 1.29 is 18.7 Å². The van der Waals surface area contributed by atoms with Crippen molar-refractivity contribution in [2.75, 3.05) is 11.3 Å². The summed E-state index contributed by atoms with van der Waals surface area (Å²) in [7, 11) is 0. The van der Waals surface area contributed by atoms with Crippen molar-refractivity contribution in [1.82, 2.24) is 0 Å². The SMILES string of the molecule is O=C(CO)c1cccc(CC(Cc2cccc(NS(=O)O)c2)c2ccccc2)c1. The quantitative estimate of drug-likeness (QED) is 0.369. The molecule has 0 spiro atoms. The van der Waals surface area contributed by atoms with Crippen LogP contribution >= 0.6 is 0 Å². The molecule has 3 N–H and O–H groups in total. The molecule has 3 aromatic rings. The van der Waals surface area contributed by atoms with E-state index >= 15 is 0 Å². The van der Waals surface area contributed by atoms with Gasteiger partial charge in [-0.05, 0) is 53.6 Å². The average Bonchev–Trinajstić information content (AvgIpc) is 2.73. The van der Waals surface area contributed by atoms with Crippen molar-refractivity contribution in [3.63, 3.8) is 0 Å². The summed E-state index contributed by atoms with van der Waals surface area (Å²) in [5.74, 6) is -0.135. The molecule has 150 valence electrons. The van der Waals surface area contributed by atoms with Gasteiger partial charge in [-0.15, -0.1) is 0 Å². The van der Waals surface area contributed by atoms with Crippen LogP contribution in [0.25, 0.3) is 0 Å². The summed E-state index contributed by atoms with van der Waals surface area (Å²) in [5.41, 5.74) is 4.33. The number of carbonyl (C=O) groups is 1.